The van der Waals surface area contributed by atoms with Crippen molar-refractivity contribution in [2.24, 2.45) is 23.5 Å². The summed E-state index contributed by atoms with van der Waals surface area (Å²) in [5, 5.41) is 13.8. The molecule has 0 unspecified atom stereocenters. The number of hydrogen-bond acceptors (Lipinski definition) is 7. The fraction of sp³-hybridized carbons (Fsp3) is 0.533. The molecule has 1 aliphatic heterocycles. The van der Waals surface area contributed by atoms with Crippen LogP contribution in [0, 0.1) is 29.1 Å². The second-order valence-electron chi connectivity index (χ2n) is 11.1. The zero-order valence-corrected chi connectivity index (χ0v) is 24.7. The number of aromatic nitrogens is 1. The van der Waals surface area contributed by atoms with E-state index in [2.05, 4.69) is 27.4 Å². The molecule has 2 amide bonds. The Hall–Kier alpha value is -3.14. The quantitative estimate of drug-likeness (QED) is 0.202. The van der Waals surface area contributed by atoms with E-state index in [1.54, 1.807) is 18.7 Å². The first kappa shape index (κ1) is 29.8. The van der Waals surface area contributed by atoms with Crippen molar-refractivity contribution in [2.45, 2.75) is 58.9 Å². The predicted octanol–water partition coefficient (Wildman–Crippen LogP) is 4.71. The number of nitrogens with one attached hydrogen (secondary N) is 3. The molecule has 2 saturated carbocycles. The average Bonchev–Trinajstić information content (AvgIpc) is 3.83. The third-order valence-corrected chi connectivity index (χ3v) is 8.48. The van der Waals surface area contributed by atoms with Crippen LogP contribution in [0.3, 0.4) is 0 Å². The summed E-state index contributed by atoms with van der Waals surface area (Å²) in [7, 11) is 0. The smallest absolute Gasteiger partial charge is 0.268 e. The molecule has 2 fully saturated rings. The van der Waals surface area contributed by atoms with Gasteiger partial charge in [0.05, 0.1) is 0 Å². The van der Waals surface area contributed by atoms with E-state index in [4.69, 9.17) is 11.1 Å². The van der Waals surface area contributed by atoms with Crippen molar-refractivity contribution in [3.8, 4) is 0 Å². The summed E-state index contributed by atoms with van der Waals surface area (Å²) in [6.45, 7) is 6.69. The summed E-state index contributed by atoms with van der Waals surface area (Å²) in [6.07, 6.45) is 11.0. The molecule has 2 heterocycles. The van der Waals surface area contributed by atoms with Crippen LogP contribution >= 0.6 is 11.8 Å². The normalized spacial score (nSPS) is 18.5. The van der Waals surface area contributed by atoms with Crippen LogP contribution in [0.5, 0.6) is 0 Å². The van der Waals surface area contributed by atoms with Crippen molar-refractivity contribution in [1.82, 2.24) is 15.2 Å². The van der Waals surface area contributed by atoms with Gasteiger partial charge in [-0.05, 0) is 88.2 Å². The molecule has 0 radical (unpaired) electrons. The van der Waals surface area contributed by atoms with E-state index in [1.165, 1.54) is 24.6 Å². The van der Waals surface area contributed by atoms with Gasteiger partial charge in [0, 0.05) is 41.4 Å². The van der Waals surface area contributed by atoms with Crippen molar-refractivity contribution in [1.29, 1.82) is 5.41 Å². The van der Waals surface area contributed by atoms with Gasteiger partial charge in [0.2, 0.25) is 11.9 Å². The summed E-state index contributed by atoms with van der Waals surface area (Å²) >= 11 is 1.73. The van der Waals surface area contributed by atoms with Crippen LogP contribution < -0.4 is 16.4 Å². The molecule has 216 valence electrons. The first-order valence-electron chi connectivity index (χ1n) is 14.1. The molecular weight excluding hydrogens is 527 g/mol. The molecule has 0 aromatic carbocycles. The summed E-state index contributed by atoms with van der Waals surface area (Å²) in [4.78, 5) is 33.5. The minimum absolute atomic E-state index is 0.0358. The molecular formula is C30H41FN6O2S. The summed E-state index contributed by atoms with van der Waals surface area (Å²) < 4.78 is 15.0. The van der Waals surface area contributed by atoms with Gasteiger partial charge in [-0.25, -0.2) is 4.98 Å². The Morgan fingerprint density at radius 1 is 1.20 bits per heavy atom. The number of pyridine rings is 1. The molecule has 5 N–H and O–H groups in total. The van der Waals surface area contributed by atoms with E-state index in [0.717, 1.165) is 44.4 Å². The van der Waals surface area contributed by atoms with Crippen LogP contribution in [-0.2, 0) is 9.59 Å². The third kappa shape index (κ3) is 7.13. The van der Waals surface area contributed by atoms with Crippen molar-refractivity contribution in [2.75, 3.05) is 30.4 Å². The fourth-order valence-electron chi connectivity index (χ4n) is 5.58. The van der Waals surface area contributed by atoms with Crippen molar-refractivity contribution in [3.63, 3.8) is 0 Å². The standard InChI is InChI=1S/C30H41FN6O2S/c1-5-19-6-12-23(37(16-19)14-15-40-4)29(38)36-27(26(20-7-8-20)21-9-10-21)30(39)35-24-13-11-22(28(31)34-24)25(17(2)32)18(3)33/h6,11-13,20-21,26-27,32H,5,7-10,14-16,33H2,1-4H3,(H,36,38)(H,34,35,39)/t27-/m0/s1. The van der Waals surface area contributed by atoms with Gasteiger partial charge in [-0.15, -0.1) is 0 Å². The number of carbonyl (C=O) groups excluding carboxylic acids is 2. The lowest BCUT2D eigenvalue weighted by atomic mass is 9.88. The number of nitrogens with zero attached hydrogens (tertiary/aromatic N) is 2. The predicted molar refractivity (Wildman–Crippen MR) is 160 cm³/mol. The molecule has 1 aromatic heterocycles. The van der Waals surface area contributed by atoms with Gasteiger partial charge < -0.3 is 26.7 Å². The number of rotatable bonds is 13. The molecule has 40 heavy (non-hydrogen) atoms. The Labute approximate surface area is 240 Å². The molecule has 2 aliphatic carbocycles. The first-order valence-corrected chi connectivity index (χ1v) is 15.5. The minimum Gasteiger partial charge on any atom is -0.402 e. The number of halogens is 1. The summed E-state index contributed by atoms with van der Waals surface area (Å²) in [6, 6.07) is 2.24. The van der Waals surface area contributed by atoms with Gasteiger partial charge >= 0.3 is 0 Å². The highest BCUT2D eigenvalue weighted by atomic mass is 32.2. The van der Waals surface area contributed by atoms with Crippen LogP contribution in [0.4, 0.5) is 10.2 Å². The molecule has 0 saturated heterocycles. The van der Waals surface area contributed by atoms with E-state index < -0.39 is 12.0 Å². The van der Waals surface area contributed by atoms with Gasteiger partial charge in [-0.2, -0.15) is 16.2 Å². The molecule has 1 atom stereocenters. The van der Waals surface area contributed by atoms with Crippen LogP contribution in [0.1, 0.15) is 58.4 Å². The van der Waals surface area contributed by atoms with Crippen molar-refractivity contribution < 1.29 is 14.0 Å². The molecule has 0 bridgehead atoms. The van der Waals surface area contributed by atoms with Gasteiger partial charge in [-0.3, -0.25) is 9.59 Å². The number of hydrogen-bond donors (Lipinski definition) is 4. The number of thioether (sulfide) groups is 1. The van der Waals surface area contributed by atoms with Crippen molar-refractivity contribution in [3.05, 3.63) is 52.8 Å². The highest BCUT2D eigenvalue weighted by Gasteiger charge is 2.48. The molecule has 0 spiro atoms. The fourth-order valence-corrected chi connectivity index (χ4v) is 5.99. The Morgan fingerprint density at radius 2 is 1.88 bits per heavy atom. The molecule has 4 rings (SSSR count). The number of allylic oxidation sites excluding steroid dienone is 4. The van der Waals surface area contributed by atoms with E-state index >= 15 is 4.39 Å². The molecule has 10 heteroatoms. The maximum atomic E-state index is 15.0. The molecule has 3 aliphatic rings. The Bertz CT molecular complexity index is 1230. The number of nitrogens with two attached hydrogens (primary N) is 1. The molecule has 8 nitrogen and oxygen atoms in total. The number of carbonyl (C=O) groups is 2. The van der Waals surface area contributed by atoms with E-state index in [1.807, 2.05) is 18.4 Å². The second kappa shape index (κ2) is 13.0. The van der Waals surface area contributed by atoms with Gasteiger partial charge in [0.15, 0.2) is 0 Å². The zero-order valence-electron chi connectivity index (χ0n) is 23.9. The van der Waals surface area contributed by atoms with Crippen LogP contribution in [0.2, 0.25) is 0 Å². The highest BCUT2D eigenvalue weighted by molar-refractivity contribution is 7.98. The third-order valence-electron chi connectivity index (χ3n) is 7.89. The lowest BCUT2D eigenvalue weighted by Gasteiger charge is -2.33. The largest absolute Gasteiger partial charge is 0.402 e. The van der Waals surface area contributed by atoms with Crippen LogP contribution in [0.15, 0.2) is 41.3 Å². The number of anilines is 1. The maximum absolute atomic E-state index is 15.0. The van der Waals surface area contributed by atoms with Gasteiger partial charge in [-0.1, -0.05) is 18.6 Å². The Kier molecular flexibility index (Phi) is 9.71. The van der Waals surface area contributed by atoms with Crippen LogP contribution in [-0.4, -0.2) is 58.5 Å². The maximum Gasteiger partial charge on any atom is 0.268 e. The van der Waals surface area contributed by atoms with E-state index in [0.29, 0.717) is 29.8 Å². The zero-order chi connectivity index (χ0) is 29.0. The lowest BCUT2D eigenvalue weighted by Crippen LogP contribution is -2.52. The average molecular weight is 569 g/mol. The number of amides is 2. The van der Waals surface area contributed by atoms with E-state index in [-0.39, 0.29) is 40.4 Å². The van der Waals surface area contributed by atoms with Gasteiger partial charge in [0.25, 0.3) is 5.91 Å². The van der Waals surface area contributed by atoms with Crippen LogP contribution in [0.25, 0.3) is 5.57 Å². The SMILES string of the molecule is CCC1=CC=C(C(=O)N[C@H](C(=O)Nc2ccc(C(C(C)=N)=C(C)N)c(F)n2)C(C2CC2)C2CC2)N(CCSC)C1. The van der Waals surface area contributed by atoms with Crippen molar-refractivity contribution >= 4 is 40.7 Å². The Balaban J connectivity index is 1.57. The first-order chi connectivity index (χ1) is 19.1. The van der Waals surface area contributed by atoms with Gasteiger partial charge in [0.1, 0.15) is 17.6 Å². The highest BCUT2D eigenvalue weighted by Crippen LogP contribution is 2.51. The lowest BCUT2D eigenvalue weighted by molar-refractivity contribution is -0.126. The van der Waals surface area contributed by atoms with E-state index in [9.17, 15) is 9.59 Å². The summed E-state index contributed by atoms with van der Waals surface area (Å²) in [5.41, 5.74) is 8.54. The second-order valence-corrected chi connectivity index (χ2v) is 12.0. The molecule has 1 aromatic rings. The summed E-state index contributed by atoms with van der Waals surface area (Å²) in [5.74, 6) is 0.308. The minimum atomic E-state index is -0.818. The topological polar surface area (TPSA) is 124 Å². The Morgan fingerprint density at radius 3 is 2.40 bits per heavy atom. The monoisotopic (exact) mass is 568 g/mol.